The van der Waals surface area contributed by atoms with Crippen LogP contribution in [0.2, 0.25) is 0 Å². The molecule has 1 amide bonds. The van der Waals surface area contributed by atoms with Crippen molar-refractivity contribution in [3.05, 3.63) is 42.2 Å². The fourth-order valence-corrected chi connectivity index (χ4v) is 1.77. The van der Waals surface area contributed by atoms with Crippen molar-refractivity contribution in [3.63, 3.8) is 0 Å². The number of nitrogens with one attached hydrogen (secondary N) is 1. The fourth-order valence-electron chi connectivity index (χ4n) is 1.77. The summed E-state index contributed by atoms with van der Waals surface area (Å²) in [5, 5.41) is 6.76. The van der Waals surface area contributed by atoms with E-state index < -0.39 is 6.04 Å². The van der Waals surface area contributed by atoms with E-state index in [9.17, 15) is 4.79 Å². The highest BCUT2D eigenvalue weighted by Gasteiger charge is 2.17. The summed E-state index contributed by atoms with van der Waals surface area (Å²) in [4.78, 5) is 12.0. The molecule has 0 saturated carbocycles. The third-order valence-corrected chi connectivity index (χ3v) is 2.80. The van der Waals surface area contributed by atoms with E-state index in [1.807, 2.05) is 6.92 Å². The lowest BCUT2D eigenvalue weighted by atomic mass is 10.1. The van der Waals surface area contributed by atoms with Crippen molar-refractivity contribution in [3.8, 4) is 5.75 Å². The van der Waals surface area contributed by atoms with E-state index >= 15 is 0 Å². The number of benzene rings is 1. The maximum absolute atomic E-state index is 12.0. The average Bonchev–Trinajstić information content (AvgIpc) is 2.87. The van der Waals surface area contributed by atoms with E-state index in [0.717, 1.165) is 5.75 Å². The molecule has 2 aromatic rings. The first-order valence-electron chi connectivity index (χ1n) is 6.38. The Labute approximate surface area is 117 Å². The van der Waals surface area contributed by atoms with Gasteiger partial charge in [0.25, 0.3) is 0 Å². The highest BCUT2D eigenvalue weighted by atomic mass is 16.5. The molecule has 0 aliphatic carbocycles. The number of anilines is 1. The number of nitrogens with zero attached hydrogens (tertiary/aromatic N) is 2. The Kier molecular flexibility index (Phi) is 4.37. The van der Waals surface area contributed by atoms with E-state index in [0.29, 0.717) is 17.9 Å². The molecule has 6 heteroatoms. The molecule has 0 saturated heterocycles. The lowest BCUT2D eigenvalue weighted by molar-refractivity contribution is -0.117. The molecule has 0 bridgehead atoms. The summed E-state index contributed by atoms with van der Waals surface area (Å²) in [6, 6.07) is 6.41. The van der Waals surface area contributed by atoms with Crippen LogP contribution in [0.4, 0.5) is 5.69 Å². The first-order chi connectivity index (χ1) is 9.60. The monoisotopic (exact) mass is 274 g/mol. The SMILES string of the molecule is CCOc1ccc(NC(=O)C(N)c2cnn(C)c2)cc1. The Hall–Kier alpha value is -2.34. The van der Waals surface area contributed by atoms with Crippen LogP contribution in [0.1, 0.15) is 18.5 Å². The second-order valence-electron chi connectivity index (χ2n) is 4.37. The van der Waals surface area contributed by atoms with Gasteiger partial charge in [-0.1, -0.05) is 0 Å². The molecule has 1 unspecified atom stereocenters. The van der Waals surface area contributed by atoms with Crippen molar-refractivity contribution >= 4 is 11.6 Å². The summed E-state index contributed by atoms with van der Waals surface area (Å²) < 4.78 is 6.95. The number of aromatic nitrogens is 2. The predicted molar refractivity (Wildman–Crippen MR) is 76.4 cm³/mol. The maximum Gasteiger partial charge on any atom is 0.246 e. The van der Waals surface area contributed by atoms with Crippen molar-refractivity contribution in [1.82, 2.24) is 9.78 Å². The molecule has 0 aliphatic heterocycles. The summed E-state index contributed by atoms with van der Waals surface area (Å²) >= 11 is 0. The van der Waals surface area contributed by atoms with Crippen LogP contribution in [0.15, 0.2) is 36.7 Å². The number of ether oxygens (including phenoxy) is 1. The maximum atomic E-state index is 12.0. The number of aryl methyl sites for hydroxylation is 1. The number of hydrogen-bond acceptors (Lipinski definition) is 4. The zero-order chi connectivity index (χ0) is 14.5. The third-order valence-electron chi connectivity index (χ3n) is 2.80. The van der Waals surface area contributed by atoms with Gasteiger partial charge in [-0.3, -0.25) is 9.48 Å². The molecule has 1 heterocycles. The van der Waals surface area contributed by atoms with Crippen LogP contribution in [0, 0.1) is 0 Å². The third kappa shape index (κ3) is 3.36. The lowest BCUT2D eigenvalue weighted by Crippen LogP contribution is -2.27. The highest BCUT2D eigenvalue weighted by Crippen LogP contribution is 2.17. The summed E-state index contributed by atoms with van der Waals surface area (Å²) in [5.41, 5.74) is 7.24. The Morgan fingerprint density at radius 1 is 1.45 bits per heavy atom. The molecule has 2 rings (SSSR count). The molecule has 1 aromatic heterocycles. The average molecular weight is 274 g/mol. The first-order valence-corrected chi connectivity index (χ1v) is 6.38. The van der Waals surface area contributed by atoms with E-state index in [1.54, 1.807) is 48.4 Å². The second kappa shape index (κ2) is 6.21. The van der Waals surface area contributed by atoms with Gasteiger partial charge in [0.05, 0.1) is 12.8 Å². The van der Waals surface area contributed by atoms with Crippen LogP contribution in [-0.4, -0.2) is 22.3 Å². The van der Waals surface area contributed by atoms with E-state index in [2.05, 4.69) is 10.4 Å². The van der Waals surface area contributed by atoms with Gasteiger partial charge in [0.2, 0.25) is 5.91 Å². The summed E-state index contributed by atoms with van der Waals surface area (Å²) in [5.74, 6) is 0.490. The number of rotatable bonds is 5. The molecule has 0 fully saturated rings. The van der Waals surface area contributed by atoms with Crippen molar-refractivity contribution < 1.29 is 9.53 Å². The van der Waals surface area contributed by atoms with Gasteiger partial charge in [-0.25, -0.2) is 0 Å². The van der Waals surface area contributed by atoms with Crippen molar-refractivity contribution in [1.29, 1.82) is 0 Å². The van der Waals surface area contributed by atoms with Gasteiger partial charge in [-0.2, -0.15) is 5.10 Å². The Morgan fingerprint density at radius 2 is 2.15 bits per heavy atom. The molecule has 6 nitrogen and oxygen atoms in total. The van der Waals surface area contributed by atoms with Gasteiger partial charge in [0.15, 0.2) is 0 Å². The van der Waals surface area contributed by atoms with Gasteiger partial charge in [-0.15, -0.1) is 0 Å². The topological polar surface area (TPSA) is 82.2 Å². The molecular weight excluding hydrogens is 256 g/mol. The number of carbonyl (C=O) groups excluding carboxylic acids is 1. The molecular formula is C14H18N4O2. The van der Waals surface area contributed by atoms with Crippen molar-refractivity contribution in [2.75, 3.05) is 11.9 Å². The Bertz CT molecular complexity index is 577. The molecule has 0 spiro atoms. The Morgan fingerprint density at radius 3 is 2.70 bits per heavy atom. The lowest BCUT2D eigenvalue weighted by Gasteiger charge is -2.11. The molecule has 0 radical (unpaired) electrons. The zero-order valence-corrected chi connectivity index (χ0v) is 11.5. The van der Waals surface area contributed by atoms with Crippen LogP contribution in [0.5, 0.6) is 5.75 Å². The molecule has 20 heavy (non-hydrogen) atoms. The summed E-state index contributed by atoms with van der Waals surface area (Å²) in [6.07, 6.45) is 3.31. The van der Waals surface area contributed by atoms with Gasteiger partial charge in [0, 0.05) is 24.5 Å². The number of hydrogen-bond donors (Lipinski definition) is 2. The number of nitrogens with two attached hydrogens (primary N) is 1. The number of amides is 1. The zero-order valence-electron chi connectivity index (χ0n) is 11.5. The summed E-state index contributed by atoms with van der Waals surface area (Å²) in [7, 11) is 1.78. The largest absolute Gasteiger partial charge is 0.494 e. The van der Waals surface area contributed by atoms with E-state index in [1.165, 1.54) is 0 Å². The normalized spacial score (nSPS) is 11.9. The molecule has 1 atom stereocenters. The first kappa shape index (κ1) is 14.1. The molecule has 1 aromatic carbocycles. The van der Waals surface area contributed by atoms with Gasteiger partial charge in [0.1, 0.15) is 11.8 Å². The second-order valence-corrected chi connectivity index (χ2v) is 4.37. The molecule has 106 valence electrons. The van der Waals surface area contributed by atoms with Gasteiger partial charge in [-0.05, 0) is 31.2 Å². The fraction of sp³-hybridized carbons (Fsp3) is 0.286. The van der Waals surface area contributed by atoms with Crippen LogP contribution in [-0.2, 0) is 11.8 Å². The minimum atomic E-state index is -0.740. The molecule has 0 aliphatic rings. The standard InChI is InChI=1S/C14H18N4O2/c1-3-20-12-6-4-11(5-7-12)17-14(19)13(15)10-8-16-18(2)9-10/h4-9,13H,3,15H2,1-2H3,(H,17,19). The van der Waals surface area contributed by atoms with Gasteiger partial charge < -0.3 is 15.8 Å². The Balaban J connectivity index is 2.00. The van der Waals surface area contributed by atoms with Gasteiger partial charge >= 0.3 is 0 Å². The van der Waals surface area contributed by atoms with Crippen LogP contribution in [0.3, 0.4) is 0 Å². The van der Waals surface area contributed by atoms with Crippen molar-refractivity contribution in [2.24, 2.45) is 12.8 Å². The molecule has 3 N–H and O–H groups in total. The van der Waals surface area contributed by atoms with Crippen LogP contribution in [0.25, 0.3) is 0 Å². The minimum Gasteiger partial charge on any atom is -0.494 e. The van der Waals surface area contributed by atoms with Crippen LogP contribution >= 0.6 is 0 Å². The predicted octanol–water partition coefficient (Wildman–Crippen LogP) is 1.46. The minimum absolute atomic E-state index is 0.276. The van der Waals surface area contributed by atoms with E-state index in [-0.39, 0.29) is 5.91 Å². The van der Waals surface area contributed by atoms with E-state index in [4.69, 9.17) is 10.5 Å². The quantitative estimate of drug-likeness (QED) is 0.864. The van der Waals surface area contributed by atoms with Crippen molar-refractivity contribution in [2.45, 2.75) is 13.0 Å². The highest BCUT2D eigenvalue weighted by molar-refractivity contribution is 5.95. The smallest absolute Gasteiger partial charge is 0.246 e. The summed E-state index contributed by atoms with van der Waals surface area (Å²) in [6.45, 7) is 2.53. The van der Waals surface area contributed by atoms with Crippen LogP contribution < -0.4 is 15.8 Å². The number of carbonyl (C=O) groups is 1.